The monoisotopic (exact) mass is 522 g/mol. The number of hydrogen-bond donors (Lipinski definition) is 1. The maximum Gasteiger partial charge on any atom is 0.261 e. The topological polar surface area (TPSA) is 76.7 Å². The average Bonchev–Trinajstić information content (AvgIpc) is 3.43. The van der Waals surface area contributed by atoms with Gasteiger partial charge in [-0.1, -0.05) is 36.4 Å². The molecule has 3 aliphatic rings. The Hall–Kier alpha value is -4.30. The standard InChI is InChI=1S/C31H27FN4O3/c32-20-9-10-26-24(15-20)25-16-35(14-12-27(25)33-26)29(37)18-34-13-11-19-5-1-2-6-21(19)28(34)17-36-30(38)22-7-3-4-8-23(22)31(36)39/h1-10,15,28,33H,11-14,16-18H2/t28-/m1/s1. The summed E-state index contributed by atoms with van der Waals surface area (Å²) in [6, 6.07) is 19.4. The molecule has 3 aromatic carbocycles. The summed E-state index contributed by atoms with van der Waals surface area (Å²) in [5.74, 6) is -0.894. The van der Waals surface area contributed by atoms with Crippen molar-refractivity contribution in [3.8, 4) is 0 Å². The Morgan fingerprint density at radius 2 is 1.67 bits per heavy atom. The highest BCUT2D eigenvalue weighted by Gasteiger charge is 2.40. The molecule has 7 rings (SSSR count). The molecule has 196 valence electrons. The van der Waals surface area contributed by atoms with Crippen molar-refractivity contribution in [2.24, 2.45) is 0 Å². The first-order valence-corrected chi connectivity index (χ1v) is 13.3. The highest BCUT2D eigenvalue weighted by Crippen LogP contribution is 2.34. The van der Waals surface area contributed by atoms with E-state index >= 15 is 0 Å². The lowest BCUT2D eigenvalue weighted by Crippen LogP contribution is -2.49. The summed E-state index contributed by atoms with van der Waals surface area (Å²) in [6.07, 6.45) is 1.46. The molecular weight excluding hydrogens is 495 g/mol. The van der Waals surface area contributed by atoms with Crippen LogP contribution < -0.4 is 0 Å². The minimum Gasteiger partial charge on any atom is -0.358 e. The molecule has 0 bridgehead atoms. The SMILES string of the molecule is O=C(CN1CCc2ccccc2[C@H]1CN1C(=O)c2ccccc2C1=O)N1CCc2[nH]c3ccc(F)cc3c2C1. The second-order valence-electron chi connectivity index (χ2n) is 10.5. The van der Waals surface area contributed by atoms with Gasteiger partial charge in [0.15, 0.2) is 0 Å². The van der Waals surface area contributed by atoms with Crippen LogP contribution in [0.5, 0.6) is 0 Å². The Bertz CT molecular complexity index is 1630. The van der Waals surface area contributed by atoms with Crippen molar-refractivity contribution in [1.82, 2.24) is 19.7 Å². The molecule has 8 heteroatoms. The number of halogens is 1. The fourth-order valence-corrected chi connectivity index (χ4v) is 6.36. The third-order valence-corrected chi connectivity index (χ3v) is 8.39. The van der Waals surface area contributed by atoms with Gasteiger partial charge >= 0.3 is 0 Å². The lowest BCUT2D eigenvalue weighted by Gasteiger charge is -2.39. The molecule has 1 aromatic heterocycles. The smallest absolute Gasteiger partial charge is 0.261 e. The predicted octanol–water partition coefficient (Wildman–Crippen LogP) is 4.09. The van der Waals surface area contributed by atoms with Crippen molar-refractivity contribution >= 4 is 28.6 Å². The zero-order valence-corrected chi connectivity index (χ0v) is 21.3. The molecule has 1 atom stereocenters. The summed E-state index contributed by atoms with van der Waals surface area (Å²) in [4.78, 5) is 48.6. The number of fused-ring (bicyclic) bond motifs is 5. The first-order valence-electron chi connectivity index (χ1n) is 13.3. The van der Waals surface area contributed by atoms with Gasteiger partial charge in [-0.05, 0) is 47.9 Å². The first-order chi connectivity index (χ1) is 19.0. The van der Waals surface area contributed by atoms with E-state index in [1.54, 1.807) is 30.3 Å². The van der Waals surface area contributed by atoms with Gasteiger partial charge < -0.3 is 9.88 Å². The zero-order valence-electron chi connectivity index (χ0n) is 21.3. The van der Waals surface area contributed by atoms with Gasteiger partial charge in [0.25, 0.3) is 11.8 Å². The van der Waals surface area contributed by atoms with Gasteiger partial charge in [0, 0.05) is 54.8 Å². The van der Waals surface area contributed by atoms with Crippen LogP contribution in [0, 0.1) is 5.82 Å². The van der Waals surface area contributed by atoms with Gasteiger partial charge in [0.1, 0.15) is 5.82 Å². The quantitative estimate of drug-likeness (QED) is 0.410. The number of amides is 3. The van der Waals surface area contributed by atoms with Crippen molar-refractivity contribution in [3.05, 3.63) is 106 Å². The van der Waals surface area contributed by atoms with Gasteiger partial charge in [0.05, 0.1) is 23.7 Å². The summed E-state index contributed by atoms with van der Waals surface area (Å²) >= 11 is 0. The number of rotatable bonds is 4. The maximum atomic E-state index is 14.0. The third kappa shape index (κ3) is 3.94. The van der Waals surface area contributed by atoms with E-state index in [-0.39, 0.29) is 42.7 Å². The molecule has 3 aliphatic heterocycles. The van der Waals surface area contributed by atoms with Gasteiger partial charge in [-0.15, -0.1) is 0 Å². The van der Waals surface area contributed by atoms with Crippen LogP contribution in [0.25, 0.3) is 10.9 Å². The average molecular weight is 523 g/mol. The second kappa shape index (κ2) is 9.17. The molecular formula is C31H27FN4O3. The third-order valence-electron chi connectivity index (χ3n) is 8.39. The van der Waals surface area contributed by atoms with Crippen molar-refractivity contribution < 1.29 is 18.8 Å². The predicted molar refractivity (Wildman–Crippen MR) is 144 cm³/mol. The number of hydrogen-bond acceptors (Lipinski definition) is 4. The molecule has 4 aromatic rings. The van der Waals surface area contributed by atoms with E-state index in [1.807, 2.05) is 23.1 Å². The van der Waals surface area contributed by atoms with Gasteiger partial charge in [0.2, 0.25) is 5.91 Å². The van der Waals surface area contributed by atoms with Crippen molar-refractivity contribution in [2.75, 3.05) is 26.2 Å². The Balaban J connectivity index is 1.14. The van der Waals surface area contributed by atoms with E-state index < -0.39 is 0 Å². The molecule has 0 fully saturated rings. The summed E-state index contributed by atoms with van der Waals surface area (Å²) in [6.45, 7) is 2.00. The number of carbonyl (C=O) groups is 3. The van der Waals surface area contributed by atoms with Crippen LogP contribution in [0.15, 0.2) is 66.7 Å². The molecule has 0 saturated carbocycles. The van der Waals surface area contributed by atoms with Crippen molar-refractivity contribution in [3.63, 3.8) is 0 Å². The van der Waals surface area contributed by atoms with E-state index in [2.05, 4.69) is 16.0 Å². The second-order valence-corrected chi connectivity index (χ2v) is 10.5. The number of carbonyl (C=O) groups excluding carboxylic acids is 3. The lowest BCUT2D eigenvalue weighted by atomic mass is 9.92. The van der Waals surface area contributed by atoms with Crippen LogP contribution >= 0.6 is 0 Å². The number of benzene rings is 3. The highest BCUT2D eigenvalue weighted by molar-refractivity contribution is 6.21. The first kappa shape index (κ1) is 23.8. The Labute approximate surface area is 224 Å². The summed E-state index contributed by atoms with van der Waals surface area (Å²) in [5, 5.41) is 0.818. The molecule has 7 nitrogen and oxygen atoms in total. The Kier molecular flexibility index (Phi) is 5.59. The number of nitrogens with zero attached hydrogens (tertiary/aromatic N) is 3. The summed E-state index contributed by atoms with van der Waals surface area (Å²) in [5.41, 5.74) is 5.96. The molecule has 0 aliphatic carbocycles. The number of H-pyrrole nitrogens is 1. The molecule has 3 amide bonds. The largest absolute Gasteiger partial charge is 0.358 e. The maximum absolute atomic E-state index is 14.0. The summed E-state index contributed by atoms with van der Waals surface area (Å²) in [7, 11) is 0. The van der Waals surface area contributed by atoms with Crippen LogP contribution in [0.2, 0.25) is 0 Å². The van der Waals surface area contributed by atoms with Crippen LogP contribution in [0.3, 0.4) is 0 Å². The molecule has 0 unspecified atom stereocenters. The summed E-state index contributed by atoms with van der Waals surface area (Å²) < 4.78 is 14.0. The van der Waals surface area contributed by atoms with Crippen LogP contribution in [-0.4, -0.2) is 63.6 Å². The molecule has 4 heterocycles. The Morgan fingerprint density at radius 1 is 0.923 bits per heavy atom. The number of imide groups is 1. The van der Waals surface area contributed by atoms with Crippen LogP contribution in [-0.2, 0) is 24.2 Å². The van der Waals surface area contributed by atoms with E-state index in [4.69, 9.17) is 0 Å². The lowest BCUT2D eigenvalue weighted by molar-refractivity contribution is -0.134. The van der Waals surface area contributed by atoms with E-state index in [0.717, 1.165) is 34.1 Å². The zero-order chi connectivity index (χ0) is 26.7. The van der Waals surface area contributed by atoms with Gasteiger partial charge in [-0.3, -0.25) is 24.2 Å². The molecule has 0 radical (unpaired) electrons. The highest BCUT2D eigenvalue weighted by atomic mass is 19.1. The number of aromatic amines is 1. The van der Waals surface area contributed by atoms with Gasteiger partial charge in [-0.2, -0.15) is 0 Å². The van der Waals surface area contributed by atoms with Crippen molar-refractivity contribution in [2.45, 2.75) is 25.4 Å². The normalized spacial score (nSPS) is 18.8. The number of aromatic nitrogens is 1. The fourth-order valence-electron chi connectivity index (χ4n) is 6.36. The van der Waals surface area contributed by atoms with E-state index in [9.17, 15) is 18.8 Å². The van der Waals surface area contributed by atoms with E-state index in [0.29, 0.717) is 37.2 Å². The molecule has 1 N–H and O–H groups in total. The van der Waals surface area contributed by atoms with Crippen LogP contribution in [0.4, 0.5) is 4.39 Å². The molecule has 0 spiro atoms. The van der Waals surface area contributed by atoms with Gasteiger partial charge in [-0.25, -0.2) is 4.39 Å². The Morgan fingerprint density at radius 3 is 2.46 bits per heavy atom. The van der Waals surface area contributed by atoms with Crippen LogP contribution in [0.1, 0.15) is 49.1 Å². The fraction of sp³-hybridized carbons (Fsp3) is 0.258. The van der Waals surface area contributed by atoms with E-state index in [1.165, 1.54) is 22.6 Å². The van der Waals surface area contributed by atoms with Crippen molar-refractivity contribution in [1.29, 1.82) is 0 Å². The number of nitrogens with one attached hydrogen (secondary N) is 1. The molecule has 39 heavy (non-hydrogen) atoms. The molecule has 0 saturated heterocycles. The minimum absolute atomic E-state index is 0.0156. The minimum atomic E-state index is -0.296.